The number of amides is 3. The van der Waals surface area contributed by atoms with Crippen LogP contribution in [0.5, 0.6) is 5.75 Å². The van der Waals surface area contributed by atoms with E-state index in [-0.39, 0.29) is 24.3 Å². The molecule has 1 aliphatic rings. The number of ketones is 1. The summed E-state index contributed by atoms with van der Waals surface area (Å²) in [7, 11) is 1.56. The molecule has 0 aliphatic carbocycles. The van der Waals surface area contributed by atoms with Crippen LogP contribution in [-0.2, 0) is 4.79 Å². The lowest BCUT2D eigenvalue weighted by Crippen LogP contribution is -2.37. The van der Waals surface area contributed by atoms with Gasteiger partial charge in [0.1, 0.15) is 12.3 Å². The number of carbonyl (C=O) groups excluding carboxylic acids is 3. The van der Waals surface area contributed by atoms with Crippen LogP contribution in [0.2, 0.25) is 0 Å². The maximum atomic E-state index is 12.7. The lowest BCUT2D eigenvalue weighted by atomic mass is 10.1. The first kappa shape index (κ1) is 18.4. The zero-order valence-corrected chi connectivity index (χ0v) is 15.3. The Bertz CT molecular complexity index is 881. The summed E-state index contributed by atoms with van der Waals surface area (Å²) in [5.74, 6) is 0.220. The van der Waals surface area contributed by atoms with Gasteiger partial charge < -0.3 is 15.0 Å². The highest BCUT2D eigenvalue weighted by Gasteiger charge is 2.32. The van der Waals surface area contributed by atoms with Gasteiger partial charge in [0.2, 0.25) is 5.91 Å². The molecule has 0 radical (unpaired) electrons. The maximum absolute atomic E-state index is 12.7. The van der Waals surface area contributed by atoms with Crippen LogP contribution in [-0.4, -0.2) is 49.4 Å². The summed E-state index contributed by atoms with van der Waals surface area (Å²) in [5.41, 5.74) is 1.73. The summed E-state index contributed by atoms with van der Waals surface area (Å²) < 4.78 is 5.31. The lowest BCUT2D eigenvalue weighted by Gasteiger charge is -2.20. The molecule has 2 aromatic rings. The molecule has 3 rings (SSSR count). The molecule has 0 bridgehead atoms. The van der Waals surface area contributed by atoms with Crippen molar-refractivity contribution in [2.75, 3.05) is 37.0 Å². The number of hydrogen-bond donors (Lipinski definition) is 1. The molecule has 1 heterocycles. The van der Waals surface area contributed by atoms with Gasteiger partial charge in [-0.25, -0.2) is 4.79 Å². The minimum absolute atomic E-state index is 0.0607. The van der Waals surface area contributed by atoms with Crippen LogP contribution in [0.3, 0.4) is 0 Å². The van der Waals surface area contributed by atoms with Crippen molar-refractivity contribution in [1.29, 1.82) is 0 Å². The highest BCUT2D eigenvalue weighted by molar-refractivity contribution is 6.01. The van der Waals surface area contributed by atoms with Gasteiger partial charge in [0, 0.05) is 24.3 Å². The van der Waals surface area contributed by atoms with E-state index in [1.165, 1.54) is 11.8 Å². The fourth-order valence-electron chi connectivity index (χ4n) is 3.00. The third-order valence-corrected chi connectivity index (χ3v) is 4.36. The van der Waals surface area contributed by atoms with Gasteiger partial charge in [0.25, 0.3) is 0 Å². The van der Waals surface area contributed by atoms with Crippen LogP contribution in [0, 0.1) is 0 Å². The number of para-hydroxylation sites is 2. The number of nitrogens with one attached hydrogen (secondary N) is 1. The van der Waals surface area contributed by atoms with E-state index in [2.05, 4.69) is 5.32 Å². The summed E-state index contributed by atoms with van der Waals surface area (Å²) in [6.07, 6.45) is 0. The molecule has 1 fully saturated rings. The molecule has 3 amide bonds. The SMILES string of the molecule is COc1ccccc1N1CCN(CC(=O)Nc2cccc(C(C)=O)c2)C1=O. The van der Waals surface area contributed by atoms with E-state index >= 15 is 0 Å². The molecule has 0 aromatic heterocycles. The summed E-state index contributed by atoms with van der Waals surface area (Å²) in [6, 6.07) is 13.8. The third kappa shape index (κ3) is 4.08. The topological polar surface area (TPSA) is 79.0 Å². The molecular weight excluding hydrogens is 346 g/mol. The Morgan fingerprint density at radius 1 is 1.11 bits per heavy atom. The van der Waals surface area contributed by atoms with E-state index in [0.717, 1.165) is 0 Å². The maximum Gasteiger partial charge on any atom is 0.325 e. The van der Waals surface area contributed by atoms with Crippen molar-refractivity contribution in [3.63, 3.8) is 0 Å². The number of rotatable bonds is 6. The number of nitrogens with zero attached hydrogens (tertiary/aromatic N) is 2. The molecular formula is C20H21N3O4. The van der Waals surface area contributed by atoms with Gasteiger partial charge in [-0.05, 0) is 31.2 Å². The zero-order valence-electron chi connectivity index (χ0n) is 15.3. The highest BCUT2D eigenvalue weighted by atomic mass is 16.5. The van der Waals surface area contributed by atoms with Crippen molar-refractivity contribution in [3.05, 3.63) is 54.1 Å². The molecule has 1 aliphatic heterocycles. The minimum atomic E-state index is -0.314. The Morgan fingerprint density at radius 2 is 1.89 bits per heavy atom. The van der Waals surface area contributed by atoms with E-state index in [0.29, 0.717) is 35.8 Å². The Labute approximate surface area is 157 Å². The molecule has 0 atom stereocenters. The second-order valence-electron chi connectivity index (χ2n) is 6.21. The van der Waals surface area contributed by atoms with Gasteiger partial charge >= 0.3 is 6.03 Å². The summed E-state index contributed by atoms with van der Waals surface area (Å²) in [4.78, 5) is 39.5. The van der Waals surface area contributed by atoms with Crippen LogP contribution >= 0.6 is 0 Å². The van der Waals surface area contributed by atoms with Crippen LogP contribution in [0.4, 0.5) is 16.2 Å². The second kappa shape index (κ2) is 7.90. The van der Waals surface area contributed by atoms with Crippen LogP contribution < -0.4 is 15.0 Å². The normalized spacial score (nSPS) is 13.6. The van der Waals surface area contributed by atoms with Crippen molar-refractivity contribution >= 4 is 29.1 Å². The number of urea groups is 1. The van der Waals surface area contributed by atoms with Crippen LogP contribution in [0.1, 0.15) is 17.3 Å². The number of methoxy groups -OCH3 is 1. The van der Waals surface area contributed by atoms with Gasteiger partial charge in [0.15, 0.2) is 5.78 Å². The van der Waals surface area contributed by atoms with E-state index in [4.69, 9.17) is 4.74 Å². The number of anilines is 2. The van der Waals surface area contributed by atoms with Gasteiger partial charge in [-0.15, -0.1) is 0 Å². The smallest absolute Gasteiger partial charge is 0.325 e. The Morgan fingerprint density at radius 3 is 2.63 bits per heavy atom. The molecule has 27 heavy (non-hydrogen) atoms. The first-order valence-electron chi connectivity index (χ1n) is 8.60. The number of carbonyl (C=O) groups is 3. The zero-order chi connectivity index (χ0) is 19.4. The largest absolute Gasteiger partial charge is 0.495 e. The monoisotopic (exact) mass is 367 g/mol. The van der Waals surface area contributed by atoms with Crippen molar-refractivity contribution in [2.45, 2.75) is 6.92 Å². The van der Waals surface area contributed by atoms with E-state index in [9.17, 15) is 14.4 Å². The summed E-state index contributed by atoms with van der Waals surface area (Å²) in [5, 5.41) is 2.73. The molecule has 2 aromatic carbocycles. The van der Waals surface area contributed by atoms with E-state index in [1.54, 1.807) is 42.3 Å². The molecule has 7 nitrogen and oxygen atoms in total. The molecule has 7 heteroatoms. The van der Waals surface area contributed by atoms with Gasteiger partial charge in [0.05, 0.1) is 12.8 Å². The fraction of sp³-hybridized carbons (Fsp3) is 0.250. The Balaban J connectivity index is 1.65. The Kier molecular flexibility index (Phi) is 5.40. The molecule has 0 spiro atoms. The van der Waals surface area contributed by atoms with Crippen LogP contribution in [0.25, 0.3) is 0 Å². The average Bonchev–Trinajstić information content (AvgIpc) is 3.02. The van der Waals surface area contributed by atoms with E-state index in [1.807, 2.05) is 18.2 Å². The van der Waals surface area contributed by atoms with Crippen molar-refractivity contribution in [3.8, 4) is 5.75 Å². The first-order valence-corrected chi connectivity index (χ1v) is 8.60. The molecule has 0 saturated carbocycles. The summed E-state index contributed by atoms with van der Waals surface area (Å²) in [6.45, 7) is 2.33. The van der Waals surface area contributed by atoms with E-state index < -0.39 is 0 Å². The van der Waals surface area contributed by atoms with Gasteiger partial charge in [-0.3, -0.25) is 14.5 Å². The number of hydrogen-bond acceptors (Lipinski definition) is 4. The second-order valence-corrected chi connectivity index (χ2v) is 6.21. The fourth-order valence-corrected chi connectivity index (χ4v) is 3.00. The Hall–Kier alpha value is -3.35. The number of Topliss-reactive ketones (excluding diaryl/α,β-unsaturated/α-hetero) is 1. The van der Waals surface area contributed by atoms with Gasteiger partial charge in [-0.1, -0.05) is 24.3 Å². The number of ether oxygens (including phenoxy) is 1. The van der Waals surface area contributed by atoms with Crippen molar-refractivity contribution < 1.29 is 19.1 Å². The number of benzene rings is 2. The standard InChI is InChI=1S/C20H21N3O4/c1-14(24)15-6-5-7-16(12-15)21-19(25)13-22-10-11-23(20(22)26)17-8-3-4-9-18(17)27-2/h3-9,12H,10-11,13H2,1-2H3,(H,21,25). The third-order valence-electron chi connectivity index (χ3n) is 4.36. The predicted octanol–water partition coefficient (Wildman–Crippen LogP) is 2.78. The molecule has 1 saturated heterocycles. The summed E-state index contributed by atoms with van der Waals surface area (Å²) >= 11 is 0. The minimum Gasteiger partial charge on any atom is -0.495 e. The first-order chi connectivity index (χ1) is 13.0. The van der Waals surface area contributed by atoms with Crippen LogP contribution in [0.15, 0.2) is 48.5 Å². The lowest BCUT2D eigenvalue weighted by molar-refractivity contribution is -0.116. The highest BCUT2D eigenvalue weighted by Crippen LogP contribution is 2.30. The van der Waals surface area contributed by atoms with Gasteiger partial charge in [-0.2, -0.15) is 0 Å². The molecule has 1 N–H and O–H groups in total. The van der Waals surface area contributed by atoms with Crippen molar-refractivity contribution in [2.24, 2.45) is 0 Å². The quantitative estimate of drug-likeness (QED) is 0.797. The molecule has 140 valence electrons. The predicted molar refractivity (Wildman–Crippen MR) is 102 cm³/mol. The van der Waals surface area contributed by atoms with Crippen molar-refractivity contribution in [1.82, 2.24) is 4.90 Å². The molecule has 0 unspecified atom stereocenters. The average molecular weight is 367 g/mol.